The van der Waals surface area contributed by atoms with Crippen LogP contribution in [0.2, 0.25) is 0 Å². The Balaban J connectivity index is 1.88. The molecule has 3 aliphatic heterocycles. The normalized spacial score (nSPS) is 28.3. The average molecular weight is 1080 g/mol. The van der Waals surface area contributed by atoms with Crippen LogP contribution in [0.15, 0.2) is 18.2 Å². The number of hydrogen-bond acceptors (Lipinski definition) is 20. The number of nitrogens with zero attached hydrogens (tertiary/aromatic N) is 3. The maximum atomic E-state index is 14.7. The Morgan fingerprint density at radius 2 is 1.47 bits per heavy atom. The third-order valence-corrected chi connectivity index (χ3v) is 12.5. The highest BCUT2D eigenvalue weighted by molar-refractivity contribution is 7.81. The van der Waals surface area contributed by atoms with Gasteiger partial charge in [-0.05, 0) is 59.5 Å². The Hall–Kier alpha value is -5.99. The number of hydrogen-bond donors (Lipinski definition) is 14. The second-order valence-corrected chi connectivity index (χ2v) is 20.9. The summed E-state index contributed by atoms with van der Waals surface area (Å²) in [4.78, 5) is 115. The number of ether oxygens (including phenoxy) is 1. The number of aromatic hydroxyl groups is 1. The number of carbonyl (C=O) groups is 8. The van der Waals surface area contributed by atoms with Gasteiger partial charge in [-0.15, -0.1) is 0 Å². The Morgan fingerprint density at radius 3 is 2.08 bits per heavy atom. The predicted molar refractivity (Wildman–Crippen MR) is 253 cm³/mol. The summed E-state index contributed by atoms with van der Waals surface area (Å²) in [6, 6.07) is -8.94. The molecule has 3 saturated heterocycles. The van der Waals surface area contributed by atoms with Crippen molar-refractivity contribution in [2.45, 2.75) is 139 Å². The Kier molecular flexibility index (Phi) is 20.9. The zero-order chi connectivity index (χ0) is 55.7. The van der Waals surface area contributed by atoms with Crippen molar-refractivity contribution in [2.24, 2.45) is 5.92 Å². The van der Waals surface area contributed by atoms with Crippen LogP contribution < -0.4 is 36.1 Å². The molecule has 0 saturated carbocycles. The standard InChI is InChI=1S/C44H69N9O20S/c1-20-18-53-35(36(20)61)40(65)46-17-23(55)14-25(47-43(68)72-44(3,4)5)37(62)48-32(21(2)54)41(66)52-19-24(56)15-26(52)38(63)49-33(28(58)12-22-8-9-27(57)30(13-22)73-74(69,70)71)39(64)50-34(42(53)67)29(59)16-31(60)45-10-11-51(6)7/h8-9,13,20-21,23-26,28-29,32-36,54-59,61H,10-12,14-19H2,1-7H3,(H,45,60)(H,46,65)(H,47,68)(H,48,62)(H,49,63)(H,50,64)(H,69,70,71)/t20-,21+,23+,24+,25-,26-,28+,29+,32?,33-,34-,35-,36-/m0/s1. The van der Waals surface area contributed by atoms with E-state index in [-0.39, 0.29) is 12.1 Å². The summed E-state index contributed by atoms with van der Waals surface area (Å²) in [5, 5.41) is 91.9. The molecule has 0 bridgehead atoms. The molecule has 3 aliphatic rings. The number of fused-ring (bicyclic) bond motifs is 2. The van der Waals surface area contributed by atoms with Gasteiger partial charge in [-0.3, -0.25) is 38.1 Å². The minimum absolute atomic E-state index is 0.0669. The first kappa shape index (κ1) is 60.6. The van der Waals surface area contributed by atoms with Crippen molar-refractivity contribution in [3.05, 3.63) is 23.8 Å². The van der Waals surface area contributed by atoms with E-state index in [9.17, 15) is 87.1 Å². The number of carbonyl (C=O) groups excluding carboxylic acids is 8. The highest BCUT2D eigenvalue weighted by Gasteiger charge is 2.50. The molecule has 3 fully saturated rings. The van der Waals surface area contributed by atoms with E-state index < -0.39 is 199 Å². The van der Waals surface area contributed by atoms with Crippen LogP contribution in [0.25, 0.3) is 0 Å². The number of rotatable bonds is 13. The van der Waals surface area contributed by atoms with Crippen LogP contribution in [0.5, 0.6) is 11.5 Å². The van der Waals surface area contributed by atoms with Crippen molar-refractivity contribution < 1.29 is 96.0 Å². The number of phenols is 1. The molecule has 1 aromatic rings. The molecule has 30 heteroatoms. The number of β-amino-alcohol motifs (C(OH)–C–C–N with tert-alkyl or cyclic N) is 1. The molecule has 1 aromatic carbocycles. The first-order chi connectivity index (χ1) is 34.3. The van der Waals surface area contributed by atoms with Crippen LogP contribution in [-0.4, -0.2) is 236 Å². The SMILES string of the molecule is C[C@@H](O)C1NC(=O)[C@@H](NC(=O)OC(C)(C)C)C[C@@H](O)CNC(=O)[C@@H]2[C@@H](O)[C@@H](C)CN2C(=O)[C@H]([C@H](O)CC(=O)NCCN(C)C)NC(=O)[C@H]([C@H](O)Cc2ccc(O)c(OS(=O)(=O)O)c2)NC(=O)[C@@H]2C[C@@H](O)CN2C1=O. The van der Waals surface area contributed by atoms with Gasteiger partial charge < -0.3 is 91.3 Å². The van der Waals surface area contributed by atoms with E-state index >= 15 is 0 Å². The molecular formula is C44H69N9O20S. The summed E-state index contributed by atoms with van der Waals surface area (Å²) in [7, 11) is -1.79. The molecule has 0 aromatic heterocycles. The molecule has 0 radical (unpaired) electrons. The average Bonchev–Trinajstić information content (AvgIpc) is 3.82. The molecule has 0 aliphatic carbocycles. The third-order valence-electron chi connectivity index (χ3n) is 12.1. The summed E-state index contributed by atoms with van der Waals surface area (Å²) in [6.07, 6.45) is -14.9. The van der Waals surface area contributed by atoms with Gasteiger partial charge in [0.15, 0.2) is 11.5 Å². The van der Waals surface area contributed by atoms with Crippen LogP contribution in [0, 0.1) is 5.92 Å². The van der Waals surface area contributed by atoms with Crippen LogP contribution >= 0.6 is 0 Å². The van der Waals surface area contributed by atoms with Crippen molar-refractivity contribution in [3.8, 4) is 11.5 Å². The van der Waals surface area contributed by atoms with Gasteiger partial charge in [0.25, 0.3) is 0 Å². The summed E-state index contributed by atoms with van der Waals surface area (Å²) in [5.74, 6) is -10.9. The van der Waals surface area contributed by atoms with E-state index in [0.717, 1.165) is 34.9 Å². The second-order valence-electron chi connectivity index (χ2n) is 19.8. The molecule has 74 heavy (non-hydrogen) atoms. The highest BCUT2D eigenvalue weighted by Crippen LogP contribution is 2.30. The monoisotopic (exact) mass is 1080 g/mol. The first-order valence-corrected chi connectivity index (χ1v) is 24.9. The van der Waals surface area contributed by atoms with Gasteiger partial charge in [0, 0.05) is 57.9 Å². The number of amides is 8. The lowest BCUT2D eigenvalue weighted by Gasteiger charge is -2.34. The van der Waals surface area contributed by atoms with Gasteiger partial charge in [0.2, 0.25) is 41.4 Å². The van der Waals surface area contributed by atoms with E-state index in [1.54, 1.807) is 19.0 Å². The van der Waals surface area contributed by atoms with Crippen LogP contribution in [0.3, 0.4) is 0 Å². The minimum Gasteiger partial charge on any atom is -0.504 e. The maximum Gasteiger partial charge on any atom is 0.446 e. The Morgan fingerprint density at radius 1 is 0.851 bits per heavy atom. The fraction of sp³-hybridized carbons (Fsp3) is 0.682. The molecular weight excluding hydrogens is 1010 g/mol. The number of likely N-dealkylation sites (N-methyl/N-ethyl adjacent to an activating group) is 1. The minimum atomic E-state index is -5.22. The van der Waals surface area contributed by atoms with Gasteiger partial charge >= 0.3 is 16.5 Å². The summed E-state index contributed by atoms with van der Waals surface area (Å²) in [5.41, 5.74) is -1.23. The molecule has 416 valence electrons. The van der Waals surface area contributed by atoms with E-state index in [4.69, 9.17) is 4.74 Å². The molecule has 8 amide bonds. The van der Waals surface area contributed by atoms with Crippen LogP contribution in [0.1, 0.15) is 59.4 Å². The number of aliphatic hydroxyl groups excluding tert-OH is 6. The summed E-state index contributed by atoms with van der Waals surface area (Å²) < 4.78 is 42.0. The quantitative estimate of drug-likeness (QED) is 0.0817. The molecule has 29 nitrogen and oxygen atoms in total. The number of alkyl carbamates (subject to hydrolysis) is 1. The smallest absolute Gasteiger partial charge is 0.446 e. The van der Waals surface area contributed by atoms with E-state index in [1.807, 2.05) is 0 Å². The zero-order valence-electron chi connectivity index (χ0n) is 41.8. The molecule has 0 spiro atoms. The van der Waals surface area contributed by atoms with E-state index in [2.05, 4.69) is 36.1 Å². The van der Waals surface area contributed by atoms with Crippen molar-refractivity contribution >= 4 is 57.8 Å². The van der Waals surface area contributed by atoms with Gasteiger partial charge in [-0.2, -0.15) is 8.42 Å². The molecule has 14 N–H and O–H groups in total. The lowest BCUT2D eigenvalue weighted by Crippen LogP contribution is -2.64. The summed E-state index contributed by atoms with van der Waals surface area (Å²) in [6.45, 7) is 5.75. The molecule has 13 atom stereocenters. The number of phenolic OH excluding ortho intramolecular Hbond substituents is 1. The largest absolute Gasteiger partial charge is 0.504 e. The van der Waals surface area contributed by atoms with E-state index in [1.165, 1.54) is 27.7 Å². The second kappa shape index (κ2) is 25.5. The van der Waals surface area contributed by atoms with Gasteiger partial charge in [-0.1, -0.05) is 13.0 Å². The van der Waals surface area contributed by atoms with Crippen LogP contribution in [-0.2, 0) is 55.1 Å². The van der Waals surface area contributed by atoms with Crippen molar-refractivity contribution in [3.63, 3.8) is 0 Å². The lowest BCUT2D eigenvalue weighted by atomic mass is 9.98. The maximum absolute atomic E-state index is 14.7. The van der Waals surface area contributed by atoms with Crippen LogP contribution in [0.4, 0.5) is 4.79 Å². The number of aliphatic hydroxyl groups is 6. The molecule has 3 heterocycles. The first-order valence-electron chi connectivity index (χ1n) is 23.5. The predicted octanol–water partition coefficient (Wildman–Crippen LogP) is -6.32. The number of benzene rings is 1. The van der Waals surface area contributed by atoms with Crippen molar-refractivity contribution in [1.82, 2.24) is 46.6 Å². The van der Waals surface area contributed by atoms with Gasteiger partial charge in [0.05, 0.1) is 43.0 Å². The van der Waals surface area contributed by atoms with Crippen molar-refractivity contribution in [1.29, 1.82) is 0 Å². The number of nitrogens with one attached hydrogen (secondary N) is 6. The topological polar surface area (TPSA) is 433 Å². The van der Waals surface area contributed by atoms with Gasteiger partial charge in [-0.25, -0.2) is 4.79 Å². The zero-order valence-corrected chi connectivity index (χ0v) is 42.6. The molecule has 4 rings (SSSR count). The third kappa shape index (κ3) is 17.0. The highest BCUT2D eigenvalue weighted by atomic mass is 32.3. The van der Waals surface area contributed by atoms with Gasteiger partial charge in [0.1, 0.15) is 41.9 Å². The Labute approximate surface area is 426 Å². The fourth-order valence-corrected chi connectivity index (χ4v) is 8.75. The lowest BCUT2D eigenvalue weighted by molar-refractivity contribution is -0.147. The Bertz CT molecular complexity index is 2340. The van der Waals surface area contributed by atoms with E-state index in [0.29, 0.717) is 6.54 Å². The molecule has 1 unspecified atom stereocenters. The summed E-state index contributed by atoms with van der Waals surface area (Å²) >= 11 is 0. The fourth-order valence-electron chi connectivity index (χ4n) is 8.39. The van der Waals surface area contributed by atoms with Crippen molar-refractivity contribution in [2.75, 3.05) is 46.8 Å².